The number of hydrogen-bond donors (Lipinski definition) is 1. The van der Waals surface area contributed by atoms with Crippen molar-refractivity contribution >= 4 is 23.4 Å². The lowest BCUT2D eigenvalue weighted by molar-refractivity contribution is -0.115. The lowest BCUT2D eigenvalue weighted by atomic mass is 10.3. The molecule has 0 bridgehead atoms. The lowest BCUT2D eigenvalue weighted by Gasteiger charge is -2.05. The fraction of sp³-hybridized carbons (Fsp3) is 0.286. The summed E-state index contributed by atoms with van der Waals surface area (Å²) in [6.45, 7) is 3.50. The average molecular weight is 294 g/mol. The van der Waals surface area contributed by atoms with Crippen LogP contribution >= 0.6 is 11.8 Å². The Hall–Kier alpha value is -1.82. The van der Waals surface area contributed by atoms with Crippen LogP contribution in [0.4, 0.5) is 10.1 Å². The Bertz CT molecular complexity index is 593. The summed E-state index contributed by atoms with van der Waals surface area (Å²) in [5.41, 5.74) is 1.27. The van der Waals surface area contributed by atoms with Crippen molar-refractivity contribution in [3.05, 3.63) is 41.5 Å². The van der Waals surface area contributed by atoms with Crippen LogP contribution in [-0.2, 0) is 4.79 Å². The van der Waals surface area contributed by atoms with E-state index in [1.807, 2.05) is 0 Å². The fourth-order valence-electron chi connectivity index (χ4n) is 1.68. The number of carbonyl (C=O) groups is 1. The molecule has 0 spiro atoms. The van der Waals surface area contributed by atoms with Gasteiger partial charge in [-0.2, -0.15) is 0 Å². The standard InChI is InChI=1S/C14H15FN2O2S/c1-9-14(10(2)19-17-9)16-13(18)7-8-20-12-6-4-3-5-11(12)15/h3-6H,7-8H2,1-2H3,(H,16,18). The average Bonchev–Trinajstić information content (AvgIpc) is 2.73. The van der Waals surface area contributed by atoms with Gasteiger partial charge in [-0.3, -0.25) is 4.79 Å². The molecule has 1 N–H and O–H groups in total. The highest BCUT2D eigenvalue weighted by Gasteiger charge is 2.12. The molecule has 2 rings (SSSR count). The van der Waals surface area contributed by atoms with Gasteiger partial charge in [-0.25, -0.2) is 4.39 Å². The molecule has 0 fully saturated rings. The summed E-state index contributed by atoms with van der Waals surface area (Å²) in [4.78, 5) is 12.4. The van der Waals surface area contributed by atoms with E-state index in [0.29, 0.717) is 34.2 Å². The summed E-state index contributed by atoms with van der Waals surface area (Å²) >= 11 is 1.32. The molecule has 20 heavy (non-hydrogen) atoms. The maximum Gasteiger partial charge on any atom is 0.225 e. The maximum atomic E-state index is 13.4. The third kappa shape index (κ3) is 3.60. The van der Waals surface area contributed by atoms with E-state index in [0.717, 1.165) is 0 Å². The van der Waals surface area contributed by atoms with E-state index in [1.54, 1.807) is 32.0 Å². The highest BCUT2D eigenvalue weighted by molar-refractivity contribution is 7.99. The van der Waals surface area contributed by atoms with Gasteiger partial charge in [0, 0.05) is 17.1 Å². The SMILES string of the molecule is Cc1noc(C)c1NC(=O)CCSc1ccccc1F. The van der Waals surface area contributed by atoms with Gasteiger partial charge in [0.25, 0.3) is 0 Å². The second-order valence-corrected chi connectivity index (χ2v) is 5.41. The Kier molecular flexibility index (Phi) is 4.79. The van der Waals surface area contributed by atoms with Crippen molar-refractivity contribution in [3.63, 3.8) is 0 Å². The van der Waals surface area contributed by atoms with E-state index in [9.17, 15) is 9.18 Å². The van der Waals surface area contributed by atoms with Crippen LogP contribution in [0.1, 0.15) is 17.9 Å². The predicted molar refractivity (Wildman–Crippen MR) is 76.3 cm³/mol. The van der Waals surface area contributed by atoms with Crippen molar-refractivity contribution in [2.75, 3.05) is 11.1 Å². The van der Waals surface area contributed by atoms with Crippen LogP contribution in [0.25, 0.3) is 0 Å². The highest BCUT2D eigenvalue weighted by atomic mass is 32.2. The van der Waals surface area contributed by atoms with E-state index in [4.69, 9.17) is 4.52 Å². The summed E-state index contributed by atoms with van der Waals surface area (Å²) in [6, 6.07) is 6.53. The molecular weight excluding hydrogens is 279 g/mol. The molecule has 0 aliphatic rings. The van der Waals surface area contributed by atoms with Gasteiger partial charge in [-0.05, 0) is 26.0 Å². The van der Waals surface area contributed by atoms with Crippen molar-refractivity contribution in [1.29, 1.82) is 0 Å². The molecule has 0 saturated carbocycles. The van der Waals surface area contributed by atoms with Crippen molar-refractivity contribution in [1.82, 2.24) is 5.16 Å². The minimum Gasteiger partial charge on any atom is -0.359 e. The maximum absolute atomic E-state index is 13.4. The van der Waals surface area contributed by atoms with Crippen molar-refractivity contribution < 1.29 is 13.7 Å². The quantitative estimate of drug-likeness (QED) is 0.857. The second-order valence-electron chi connectivity index (χ2n) is 4.28. The molecule has 0 unspecified atom stereocenters. The molecule has 1 aromatic heterocycles. The zero-order chi connectivity index (χ0) is 14.5. The number of benzene rings is 1. The third-order valence-corrected chi connectivity index (χ3v) is 3.77. The van der Waals surface area contributed by atoms with Crippen LogP contribution in [0.15, 0.2) is 33.7 Å². The van der Waals surface area contributed by atoms with E-state index >= 15 is 0 Å². The second kappa shape index (κ2) is 6.56. The van der Waals surface area contributed by atoms with Crippen LogP contribution in [0.2, 0.25) is 0 Å². The Morgan fingerprint density at radius 3 is 2.80 bits per heavy atom. The van der Waals surface area contributed by atoms with Gasteiger partial charge >= 0.3 is 0 Å². The number of rotatable bonds is 5. The van der Waals surface area contributed by atoms with Gasteiger partial charge < -0.3 is 9.84 Å². The summed E-state index contributed by atoms with van der Waals surface area (Å²) in [5, 5.41) is 6.52. The molecule has 106 valence electrons. The smallest absolute Gasteiger partial charge is 0.225 e. The number of thioether (sulfide) groups is 1. The molecule has 2 aromatic rings. The number of hydrogen-bond acceptors (Lipinski definition) is 4. The number of amides is 1. The summed E-state index contributed by atoms with van der Waals surface area (Å²) in [7, 11) is 0. The van der Waals surface area contributed by atoms with Gasteiger partial charge in [0.1, 0.15) is 17.2 Å². The minimum atomic E-state index is -0.261. The number of halogens is 1. The molecule has 0 aliphatic heterocycles. The molecule has 0 aliphatic carbocycles. The van der Waals surface area contributed by atoms with Crippen molar-refractivity contribution in [3.8, 4) is 0 Å². The molecule has 0 saturated heterocycles. The number of nitrogens with one attached hydrogen (secondary N) is 1. The van der Waals surface area contributed by atoms with Crippen LogP contribution in [0.3, 0.4) is 0 Å². The third-order valence-electron chi connectivity index (χ3n) is 2.72. The molecule has 4 nitrogen and oxygen atoms in total. The molecule has 0 radical (unpaired) electrons. The predicted octanol–water partition coefficient (Wildman–Crippen LogP) is 3.55. The Morgan fingerprint density at radius 1 is 1.40 bits per heavy atom. The van der Waals surface area contributed by atoms with Crippen molar-refractivity contribution in [2.45, 2.75) is 25.2 Å². The largest absolute Gasteiger partial charge is 0.359 e. The van der Waals surface area contributed by atoms with Gasteiger partial charge in [0.2, 0.25) is 5.91 Å². The highest BCUT2D eigenvalue weighted by Crippen LogP contribution is 2.23. The van der Waals surface area contributed by atoms with E-state index in [-0.39, 0.29) is 11.7 Å². The Balaban J connectivity index is 1.83. The summed E-state index contributed by atoms with van der Waals surface area (Å²) in [6.07, 6.45) is 0.295. The normalized spacial score (nSPS) is 10.6. The van der Waals surface area contributed by atoms with Gasteiger partial charge in [0.05, 0.1) is 0 Å². The van der Waals surface area contributed by atoms with Crippen LogP contribution < -0.4 is 5.32 Å². The minimum absolute atomic E-state index is 0.136. The monoisotopic (exact) mass is 294 g/mol. The Labute approximate surface area is 120 Å². The number of aryl methyl sites for hydroxylation is 2. The molecule has 1 amide bonds. The molecule has 0 atom stereocenters. The van der Waals surface area contributed by atoms with Crippen LogP contribution in [0.5, 0.6) is 0 Å². The first kappa shape index (κ1) is 14.6. The van der Waals surface area contributed by atoms with Gasteiger partial charge in [0.15, 0.2) is 5.76 Å². The van der Waals surface area contributed by atoms with Gasteiger partial charge in [-0.1, -0.05) is 17.3 Å². The first-order valence-corrected chi connectivity index (χ1v) is 7.16. The summed E-state index contributed by atoms with van der Waals surface area (Å²) < 4.78 is 18.3. The number of aromatic nitrogens is 1. The van der Waals surface area contributed by atoms with Gasteiger partial charge in [-0.15, -0.1) is 11.8 Å². The van der Waals surface area contributed by atoms with Crippen LogP contribution in [0, 0.1) is 19.7 Å². The van der Waals surface area contributed by atoms with E-state index < -0.39 is 0 Å². The van der Waals surface area contributed by atoms with Crippen molar-refractivity contribution in [2.24, 2.45) is 0 Å². The molecule has 1 heterocycles. The van der Waals surface area contributed by atoms with E-state index in [1.165, 1.54) is 17.8 Å². The summed E-state index contributed by atoms with van der Waals surface area (Å²) in [5.74, 6) is 0.695. The molecule has 6 heteroatoms. The van der Waals surface area contributed by atoms with Crippen LogP contribution in [-0.4, -0.2) is 16.8 Å². The fourth-order valence-corrected chi connectivity index (χ4v) is 2.57. The zero-order valence-electron chi connectivity index (χ0n) is 11.3. The zero-order valence-corrected chi connectivity index (χ0v) is 12.1. The first-order valence-electron chi connectivity index (χ1n) is 6.18. The number of anilines is 1. The number of carbonyl (C=O) groups excluding carboxylic acids is 1. The molecule has 1 aromatic carbocycles. The lowest BCUT2D eigenvalue weighted by Crippen LogP contribution is -2.13. The Morgan fingerprint density at radius 2 is 2.15 bits per heavy atom. The first-order chi connectivity index (χ1) is 9.58. The molecular formula is C14H15FN2O2S. The number of nitrogens with zero attached hydrogens (tertiary/aromatic N) is 1. The topological polar surface area (TPSA) is 55.1 Å². The van der Waals surface area contributed by atoms with E-state index in [2.05, 4.69) is 10.5 Å².